The molecule has 1 unspecified atom stereocenters. The number of benzene rings is 2. The molecular formula is C22H25BrCl2N2O2. The molecule has 2 rings (SSSR count). The molecule has 29 heavy (non-hydrogen) atoms. The van der Waals surface area contributed by atoms with Gasteiger partial charge in [-0.3, -0.25) is 9.59 Å². The molecule has 4 nitrogen and oxygen atoms in total. The van der Waals surface area contributed by atoms with Crippen molar-refractivity contribution in [1.82, 2.24) is 10.2 Å². The van der Waals surface area contributed by atoms with Crippen molar-refractivity contribution < 1.29 is 9.59 Å². The summed E-state index contributed by atoms with van der Waals surface area (Å²) in [6.45, 7) is 7.73. The third-order valence-electron chi connectivity index (χ3n) is 4.30. The summed E-state index contributed by atoms with van der Waals surface area (Å²) < 4.78 is 0.906. The highest BCUT2D eigenvalue weighted by molar-refractivity contribution is 9.10. The lowest BCUT2D eigenvalue weighted by molar-refractivity contribution is -0.140. The Kier molecular flexibility index (Phi) is 8.15. The minimum Gasteiger partial charge on any atom is -0.350 e. The van der Waals surface area contributed by atoms with Gasteiger partial charge in [-0.15, -0.1) is 0 Å². The van der Waals surface area contributed by atoms with E-state index in [0.717, 1.165) is 10.0 Å². The van der Waals surface area contributed by atoms with Crippen LogP contribution in [-0.4, -0.2) is 28.3 Å². The van der Waals surface area contributed by atoms with Crippen LogP contribution in [0.25, 0.3) is 0 Å². The number of amides is 2. The molecule has 2 amide bonds. The van der Waals surface area contributed by atoms with E-state index in [1.165, 1.54) is 0 Å². The number of rotatable bonds is 6. The van der Waals surface area contributed by atoms with Crippen LogP contribution in [-0.2, 0) is 22.6 Å². The predicted octanol–water partition coefficient (Wildman–Crippen LogP) is 5.63. The molecule has 0 aliphatic carbocycles. The van der Waals surface area contributed by atoms with Crippen LogP contribution in [0.2, 0.25) is 10.0 Å². The molecule has 0 aliphatic heterocycles. The lowest BCUT2D eigenvalue weighted by Crippen LogP contribution is -2.52. The lowest BCUT2D eigenvalue weighted by Gasteiger charge is -2.31. The largest absolute Gasteiger partial charge is 0.350 e. The fraction of sp³-hybridized carbons (Fsp3) is 0.364. The maximum Gasteiger partial charge on any atom is 0.242 e. The van der Waals surface area contributed by atoms with Gasteiger partial charge in [0.05, 0.1) is 6.42 Å². The van der Waals surface area contributed by atoms with E-state index < -0.39 is 11.6 Å². The van der Waals surface area contributed by atoms with Crippen LogP contribution in [0.1, 0.15) is 38.8 Å². The summed E-state index contributed by atoms with van der Waals surface area (Å²) in [5, 5.41) is 3.81. The molecule has 0 saturated heterocycles. The zero-order chi connectivity index (χ0) is 21.8. The molecule has 0 fully saturated rings. The number of nitrogens with one attached hydrogen (secondary N) is 1. The van der Waals surface area contributed by atoms with Gasteiger partial charge in [-0.1, -0.05) is 57.3 Å². The van der Waals surface area contributed by atoms with Crippen LogP contribution >= 0.6 is 39.1 Å². The summed E-state index contributed by atoms with van der Waals surface area (Å²) in [6, 6.07) is 12.1. The third-order valence-corrected chi connectivity index (χ3v) is 5.50. The molecule has 0 aromatic heterocycles. The number of hydrogen-bond donors (Lipinski definition) is 1. The van der Waals surface area contributed by atoms with Crippen molar-refractivity contribution in [3.63, 3.8) is 0 Å². The highest BCUT2D eigenvalue weighted by Gasteiger charge is 2.29. The second-order valence-corrected chi connectivity index (χ2v) is 9.67. The Bertz CT molecular complexity index is 876. The monoisotopic (exact) mass is 498 g/mol. The second-order valence-electron chi connectivity index (χ2n) is 7.94. The molecule has 0 bridgehead atoms. The predicted molar refractivity (Wildman–Crippen MR) is 122 cm³/mol. The average molecular weight is 500 g/mol. The molecule has 0 heterocycles. The van der Waals surface area contributed by atoms with Crippen molar-refractivity contribution in [2.45, 2.75) is 52.2 Å². The van der Waals surface area contributed by atoms with Crippen LogP contribution < -0.4 is 5.32 Å². The van der Waals surface area contributed by atoms with Crippen LogP contribution in [0, 0.1) is 0 Å². The van der Waals surface area contributed by atoms with Gasteiger partial charge < -0.3 is 10.2 Å². The fourth-order valence-electron chi connectivity index (χ4n) is 2.84. The smallest absolute Gasteiger partial charge is 0.242 e. The maximum absolute atomic E-state index is 13.2. The van der Waals surface area contributed by atoms with Gasteiger partial charge in [-0.05, 0) is 63.1 Å². The molecule has 2 aromatic carbocycles. The first-order chi connectivity index (χ1) is 13.5. The Balaban J connectivity index is 2.32. The summed E-state index contributed by atoms with van der Waals surface area (Å²) in [6.07, 6.45) is 0.0135. The number of nitrogens with zero attached hydrogens (tertiary/aromatic N) is 1. The second kappa shape index (κ2) is 9.96. The van der Waals surface area contributed by atoms with Gasteiger partial charge >= 0.3 is 0 Å². The van der Waals surface area contributed by atoms with Gasteiger partial charge in [0.2, 0.25) is 11.8 Å². The summed E-state index contributed by atoms with van der Waals surface area (Å²) in [5.74, 6) is -0.442. The number of carbonyl (C=O) groups is 2. The maximum atomic E-state index is 13.2. The molecule has 0 saturated carbocycles. The van der Waals surface area contributed by atoms with E-state index in [1.807, 2.05) is 45.0 Å². The highest BCUT2D eigenvalue weighted by atomic mass is 79.9. The Morgan fingerprint density at radius 2 is 1.69 bits per heavy atom. The van der Waals surface area contributed by atoms with E-state index in [-0.39, 0.29) is 18.2 Å². The minimum absolute atomic E-state index is 0.0135. The summed E-state index contributed by atoms with van der Waals surface area (Å²) in [7, 11) is 0. The first kappa shape index (κ1) is 23.7. The van der Waals surface area contributed by atoms with Gasteiger partial charge in [-0.2, -0.15) is 0 Å². The number of halogens is 3. The van der Waals surface area contributed by atoms with Crippen LogP contribution in [0.4, 0.5) is 0 Å². The fourth-order valence-corrected chi connectivity index (χ4v) is 3.82. The molecule has 2 aromatic rings. The molecule has 1 atom stereocenters. The van der Waals surface area contributed by atoms with E-state index in [4.69, 9.17) is 23.2 Å². The quantitative estimate of drug-likeness (QED) is 0.559. The van der Waals surface area contributed by atoms with Crippen LogP contribution in [0.5, 0.6) is 0 Å². The van der Waals surface area contributed by atoms with Crippen molar-refractivity contribution in [2.75, 3.05) is 0 Å². The van der Waals surface area contributed by atoms with Gasteiger partial charge in [0.15, 0.2) is 0 Å². The van der Waals surface area contributed by atoms with Crippen molar-refractivity contribution in [3.05, 3.63) is 68.1 Å². The lowest BCUT2D eigenvalue weighted by atomic mass is 10.1. The van der Waals surface area contributed by atoms with Gasteiger partial charge in [0.25, 0.3) is 0 Å². The van der Waals surface area contributed by atoms with Crippen LogP contribution in [0.15, 0.2) is 46.9 Å². The molecule has 1 N–H and O–H groups in total. The molecule has 0 aliphatic rings. The van der Waals surface area contributed by atoms with Gasteiger partial charge in [-0.25, -0.2) is 0 Å². The summed E-state index contributed by atoms with van der Waals surface area (Å²) in [5.41, 5.74) is 1.07. The van der Waals surface area contributed by atoms with Crippen molar-refractivity contribution in [2.24, 2.45) is 0 Å². The van der Waals surface area contributed by atoms with Crippen molar-refractivity contribution in [3.8, 4) is 0 Å². The first-order valence-corrected chi connectivity index (χ1v) is 10.8. The zero-order valence-corrected chi connectivity index (χ0v) is 20.0. The summed E-state index contributed by atoms with van der Waals surface area (Å²) >= 11 is 15.9. The SMILES string of the molecule is CC(C(=O)NC(C)(C)C)N(Cc1cccc(Br)c1)C(=O)Cc1c(Cl)cccc1Cl. The average Bonchev–Trinajstić information content (AvgIpc) is 2.61. The topological polar surface area (TPSA) is 49.4 Å². The normalized spacial score (nSPS) is 12.4. The molecule has 156 valence electrons. The minimum atomic E-state index is -0.665. The van der Waals surface area contributed by atoms with E-state index in [0.29, 0.717) is 22.2 Å². The van der Waals surface area contributed by atoms with Gasteiger partial charge in [0.1, 0.15) is 6.04 Å². The molecule has 7 heteroatoms. The van der Waals surface area contributed by atoms with E-state index in [9.17, 15) is 9.59 Å². The van der Waals surface area contributed by atoms with Gasteiger partial charge in [0, 0.05) is 26.6 Å². The standard InChI is InChI=1S/C22H25BrCl2N2O2/c1-14(21(29)26-22(2,3)4)27(13-15-7-5-8-16(23)11-15)20(28)12-17-18(24)9-6-10-19(17)25/h5-11,14H,12-13H2,1-4H3,(H,26,29). The molecular weight excluding hydrogens is 475 g/mol. The Morgan fingerprint density at radius 3 is 2.24 bits per heavy atom. The first-order valence-electron chi connectivity index (χ1n) is 9.27. The summed E-state index contributed by atoms with van der Waals surface area (Å²) in [4.78, 5) is 27.6. The van der Waals surface area contributed by atoms with Crippen LogP contribution in [0.3, 0.4) is 0 Å². The van der Waals surface area contributed by atoms with E-state index in [2.05, 4.69) is 21.2 Å². The van der Waals surface area contributed by atoms with E-state index in [1.54, 1.807) is 30.0 Å². The number of carbonyl (C=O) groups excluding carboxylic acids is 2. The van der Waals surface area contributed by atoms with Crippen molar-refractivity contribution in [1.29, 1.82) is 0 Å². The highest BCUT2D eigenvalue weighted by Crippen LogP contribution is 2.26. The molecule has 0 spiro atoms. The Morgan fingerprint density at radius 1 is 1.10 bits per heavy atom. The van der Waals surface area contributed by atoms with Crippen molar-refractivity contribution >= 4 is 50.9 Å². The molecule has 0 radical (unpaired) electrons. The zero-order valence-electron chi connectivity index (χ0n) is 16.9. The third kappa shape index (κ3) is 7.02. The van der Waals surface area contributed by atoms with E-state index >= 15 is 0 Å². The Hall–Kier alpha value is -1.56. The number of hydrogen-bond acceptors (Lipinski definition) is 2. The Labute approximate surface area is 190 Å².